The quantitative estimate of drug-likeness (QED) is 0.758. The molecule has 9 atom stereocenters. The summed E-state index contributed by atoms with van der Waals surface area (Å²) in [5, 5.41) is 18.9. The highest BCUT2D eigenvalue weighted by Gasteiger charge is 2.61. The topological polar surface area (TPSA) is 56.1 Å². The molecule has 168 valence electrons. The second kappa shape index (κ2) is 7.30. The summed E-state index contributed by atoms with van der Waals surface area (Å²) in [4.78, 5) is 13.4. The average molecular weight is 416 g/mol. The van der Waals surface area contributed by atoms with Crippen LogP contribution in [0.15, 0.2) is 5.10 Å². The molecule has 5 heteroatoms. The van der Waals surface area contributed by atoms with Gasteiger partial charge in [-0.3, -0.25) is 4.79 Å². The molecule has 0 aromatic heterocycles. The summed E-state index contributed by atoms with van der Waals surface area (Å²) in [6.45, 7) is 8.16. The van der Waals surface area contributed by atoms with Crippen LogP contribution < -0.4 is 0 Å². The van der Waals surface area contributed by atoms with Crippen molar-refractivity contribution in [1.29, 1.82) is 0 Å². The Morgan fingerprint density at radius 1 is 1.13 bits per heavy atom. The lowest BCUT2D eigenvalue weighted by Crippen LogP contribution is -2.52. The number of nitrogens with zero attached hydrogens (tertiary/aromatic N) is 3. The molecule has 0 bridgehead atoms. The molecule has 5 aliphatic rings. The molecule has 4 saturated carbocycles. The van der Waals surface area contributed by atoms with E-state index in [0.29, 0.717) is 24.2 Å². The summed E-state index contributed by atoms with van der Waals surface area (Å²) in [7, 11) is 2.01. The molecule has 30 heavy (non-hydrogen) atoms. The summed E-state index contributed by atoms with van der Waals surface area (Å²) in [6.07, 6.45) is 11.2. The van der Waals surface area contributed by atoms with E-state index in [9.17, 15) is 9.90 Å². The first-order valence-electron chi connectivity index (χ1n) is 12.5. The maximum absolute atomic E-state index is 13.4. The van der Waals surface area contributed by atoms with E-state index in [1.54, 1.807) is 0 Å². The second-order valence-electron chi connectivity index (χ2n) is 12.0. The van der Waals surface area contributed by atoms with Crippen molar-refractivity contribution < 1.29 is 9.90 Å². The van der Waals surface area contributed by atoms with Gasteiger partial charge in [0.15, 0.2) is 5.78 Å². The van der Waals surface area contributed by atoms with Crippen molar-refractivity contribution in [3.63, 3.8) is 0 Å². The number of hydrazine groups is 1. The van der Waals surface area contributed by atoms with Crippen LogP contribution in [0.1, 0.15) is 72.1 Å². The Bertz CT molecular complexity index is 721. The maximum Gasteiger partial charge on any atom is 0.159 e. The Morgan fingerprint density at radius 2 is 1.90 bits per heavy atom. The van der Waals surface area contributed by atoms with Crippen LogP contribution in [0.4, 0.5) is 0 Å². The summed E-state index contributed by atoms with van der Waals surface area (Å²) < 4.78 is 0. The van der Waals surface area contributed by atoms with Gasteiger partial charge < -0.3 is 5.11 Å². The first-order chi connectivity index (χ1) is 14.2. The van der Waals surface area contributed by atoms with Crippen LogP contribution in [0, 0.1) is 46.8 Å². The Balaban J connectivity index is 1.33. The fourth-order valence-electron chi connectivity index (χ4n) is 8.96. The first kappa shape index (κ1) is 20.9. The largest absolute Gasteiger partial charge is 0.390 e. The van der Waals surface area contributed by atoms with Gasteiger partial charge in [0.25, 0.3) is 0 Å². The predicted octanol–water partition coefficient (Wildman–Crippen LogP) is 3.97. The van der Waals surface area contributed by atoms with Crippen LogP contribution in [0.3, 0.4) is 0 Å². The molecular weight excluding hydrogens is 374 g/mol. The lowest BCUT2D eigenvalue weighted by atomic mass is 9.48. The summed E-state index contributed by atoms with van der Waals surface area (Å²) in [6, 6.07) is 0. The van der Waals surface area contributed by atoms with Gasteiger partial charge in [0.2, 0.25) is 0 Å². The van der Waals surface area contributed by atoms with Gasteiger partial charge in [-0.05, 0) is 99.2 Å². The molecule has 1 heterocycles. The molecule has 0 saturated heterocycles. The van der Waals surface area contributed by atoms with Gasteiger partial charge >= 0.3 is 0 Å². The third kappa shape index (κ3) is 3.26. The minimum atomic E-state index is -0.444. The van der Waals surface area contributed by atoms with Gasteiger partial charge in [-0.1, -0.05) is 13.8 Å². The standard InChI is InChI=1S/C25H41N3O2/c1-16-13-21(22(29)15-28-26-11-12-27(28)4)25(3)10-8-19-18-7-9-24(2,30)14-17(18)5-6-20(19)23(16)25/h11,16-21,23,30H,5-10,12-15H2,1-4H3/t16-,17-,18+,19-,20-,21-,23+,24-,25-/m1/s1. The first-order valence-corrected chi connectivity index (χ1v) is 12.5. The number of Topliss-reactive ketones (excluding diaryl/α,β-unsaturated/α-hetero) is 1. The Kier molecular flexibility index (Phi) is 5.09. The van der Waals surface area contributed by atoms with Crippen molar-refractivity contribution in [1.82, 2.24) is 10.1 Å². The highest BCUT2D eigenvalue weighted by molar-refractivity contribution is 5.84. The van der Waals surface area contributed by atoms with E-state index in [4.69, 9.17) is 0 Å². The summed E-state index contributed by atoms with van der Waals surface area (Å²) in [5.74, 6) is 5.05. The third-order valence-electron chi connectivity index (χ3n) is 10.2. The van der Waals surface area contributed by atoms with E-state index >= 15 is 0 Å². The van der Waals surface area contributed by atoms with Gasteiger partial charge in [0.1, 0.15) is 6.54 Å². The molecule has 5 nitrogen and oxygen atoms in total. The Morgan fingerprint density at radius 3 is 2.63 bits per heavy atom. The molecule has 1 aliphatic heterocycles. The molecule has 0 spiro atoms. The van der Waals surface area contributed by atoms with Crippen LogP contribution in [-0.4, -0.2) is 53.0 Å². The SMILES string of the molecule is C[C@@H]1C[C@H](C(=O)CN2N=CCN2C)[C@@]2(C)CC[C@H]3[C@@H](CC[C@@H]4C[C@](C)(O)CC[C@@H]43)[C@H]12. The minimum absolute atomic E-state index is 0.159. The van der Waals surface area contributed by atoms with E-state index in [2.05, 4.69) is 18.9 Å². The van der Waals surface area contributed by atoms with Crippen LogP contribution in [0.2, 0.25) is 0 Å². The highest BCUT2D eigenvalue weighted by Crippen LogP contribution is 2.66. The monoisotopic (exact) mass is 415 g/mol. The zero-order chi connectivity index (χ0) is 21.3. The van der Waals surface area contributed by atoms with Crippen LogP contribution in [-0.2, 0) is 4.79 Å². The molecule has 1 N–H and O–H groups in total. The molecule has 4 fully saturated rings. The Hall–Kier alpha value is -0.940. The van der Waals surface area contributed by atoms with Crippen molar-refractivity contribution in [2.24, 2.45) is 51.9 Å². The zero-order valence-electron chi connectivity index (χ0n) is 19.4. The minimum Gasteiger partial charge on any atom is -0.390 e. The molecule has 0 radical (unpaired) electrons. The number of hydrazone groups is 1. The van der Waals surface area contributed by atoms with E-state index in [1.165, 1.54) is 32.1 Å². The second-order valence-corrected chi connectivity index (χ2v) is 12.0. The normalized spacial score (nSPS) is 50.8. The van der Waals surface area contributed by atoms with Crippen molar-refractivity contribution in [3.05, 3.63) is 0 Å². The number of fused-ring (bicyclic) bond motifs is 5. The van der Waals surface area contributed by atoms with Gasteiger partial charge in [-0.2, -0.15) is 5.10 Å². The molecule has 0 amide bonds. The van der Waals surface area contributed by atoms with Crippen molar-refractivity contribution in [2.75, 3.05) is 20.1 Å². The highest BCUT2D eigenvalue weighted by atomic mass is 16.3. The smallest absolute Gasteiger partial charge is 0.159 e. The van der Waals surface area contributed by atoms with Gasteiger partial charge in [-0.15, -0.1) is 0 Å². The number of carbonyl (C=O) groups excluding carboxylic acids is 1. The van der Waals surface area contributed by atoms with Gasteiger partial charge in [0, 0.05) is 19.2 Å². The van der Waals surface area contributed by atoms with E-state index in [-0.39, 0.29) is 11.3 Å². The number of aliphatic hydroxyl groups is 1. The van der Waals surface area contributed by atoms with Crippen LogP contribution in [0.25, 0.3) is 0 Å². The summed E-state index contributed by atoms with van der Waals surface area (Å²) in [5.41, 5.74) is -0.284. The lowest BCUT2D eigenvalue weighted by Gasteiger charge is -2.57. The van der Waals surface area contributed by atoms with Crippen molar-refractivity contribution in [3.8, 4) is 0 Å². The van der Waals surface area contributed by atoms with E-state index in [1.807, 2.05) is 30.3 Å². The molecule has 0 aromatic carbocycles. The number of hydrogen-bond acceptors (Lipinski definition) is 5. The predicted molar refractivity (Wildman–Crippen MR) is 119 cm³/mol. The fraction of sp³-hybridized carbons (Fsp3) is 0.920. The van der Waals surface area contributed by atoms with E-state index in [0.717, 1.165) is 49.5 Å². The third-order valence-corrected chi connectivity index (χ3v) is 10.2. The number of hydrogen-bond donors (Lipinski definition) is 1. The summed E-state index contributed by atoms with van der Waals surface area (Å²) >= 11 is 0. The number of ketones is 1. The van der Waals surface area contributed by atoms with Crippen molar-refractivity contribution in [2.45, 2.75) is 77.7 Å². The zero-order valence-corrected chi connectivity index (χ0v) is 19.4. The molecule has 0 aromatic rings. The van der Waals surface area contributed by atoms with Crippen LogP contribution >= 0.6 is 0 Å². The van der Waals surface area contributed by atoms with Crippen LogP contribution in [0.5, 0.6) is 0 Å². The fourth-order valence-corrected chi connectivity index (χ4v) is 8.96. The molecule has 4 aliphatic carbocycles. The van der Waals surface area contributed by atoms with Gasteiger partial charge in [-0.25, -0.2) is 10.1 Å². The molecule has 5 rings (SSSR count). The van der Waals surface area contributed by atoms with Crippen molar-refractivity contribution >= 4 is 12.0 Å². The molecule has 0 unspecified atom stereocenters. The van der Waals surface area contributed by atoms with E-state index < -0.39 is 5.60 Å². The number of rotatable bonds is 3. The Labute approximate surface area is 182 Å². The maximum atomic E-state index is 13.4. The lowest BCUT2D eigenvalue weighted by molar-refractivity contribution is -0.137. The molecular formula is C25H41N3O2. The number of carbonyl (C=O) groups is 1. The van der Waals surface area contributed by atoms with Gasteiger partial charge in [0.05, 0.1) is 12.1 Å². The average Bonchev–Trinajstić information content (AvgIpc) is 3.20.